The maximum absolute atomic E-state index is 13.2. The minimum absolute atomic E-state index is 0.0935. The minimum atomic E-state index is -0.204. The number of rotatable bonds is 6. The lowest BCUT2D eigenvalue weighted by molar-refractivity contribution is -0.125. The molecule has 2 saturated heterocycles. The lowest BCUT2D eigenvalue weighted by Gasteiger charge is -2.49. The van der Waals surface area contributed by atoms with Crippen molar-refractivity contribution in [3.63, 3.8) is 0 Å². The van der Waals surface area contributed by atoms with Crippen LogP contribution in [0.2, 0.25) is 0 Å². The number of benzene rings is 2. The molecule has 0 aliphatic carbocycles. The van der Waals surface area contributed by atoms with Crippen LogP contribution in [0, 0.1) is 5.82 Å². The standard InChI is InChI=1S/C23H28FN3O/c24-21-9-7-20(8-10-21)16-26-13-14-27(18-28)22(17-26)23(11-4-12-25-23)15-19-5-2-1-3-6-19/h1-3,5-10,18,22,25H,4,11-17H2/t22?,23-/m0/s1. The van der Waals surface area contributed by atoms with Gasteiger partial charge in [-0.3, -0.25) is 9.69 Å². The number of halogens is 1. The van der Waals surface area contributed by atoms with Gasteiger partial charge in [0.25, 0.3) is 0 Å². The molecule has 4 nitrogen and oxygen atoms in total. The third kappa shape index (κ3) is 4.10. The molecule has 1 unspecified atom stereocenters. The third-order valence-electron chi connectivity index (χ3n) is 6.24. The Morgan fingerprint density at radius 1 is 1.07 bits per heavy atom. The Morgan fingerprint density at radius 2 is 1.86 bits per heavy atom. The monoisotopic (exact) mass is 381 g/mol. The second kappa shape index (κ2) is 8.41. The van der Waals surface area contributed by atoms with Crippen molar-refractivity contribution in [3.8, 4) is 0 Å². The van der Waals surface area contributed by atoms with E-state index >= 15 is 0 Å². The fraction of sp³-hybridized carbons (Fsp3) is 0.435. The van der Waals surface area contributed by atoms with Gasteiger partial charge in [-0.1, -0.05) is 42.5 Å². The summed E-state index contributed by atoms with van der Waals surface area (Å²) in [6, 6.07) is 17.4. The van der Waals surface area contributed by atoms with Crippen molar-refractivity contribution >= 4 is 6.41 Å². The second-order valence-electron chi connectivity index (χ2n) is 8.07. The van der Waals surface area contributed by atoms with E-state index in [1.54, 1.807) is 0 Å². The van der Waals surface area contributed by atoms with Gasteiger partial charge in [0, 0.05) is 31.7 Å². The van der Waals surface area contributed by atoms with E-state index in [-0.39, 0.29) is 17.4 Å². The van der Waals surface area contributed by atoms with Crippen LogP contribution in [0.15, 0.2) is 54.6 Å². The first-order valence-corrected chi connectivity index (χ1v) is 10.2. The molecule has 28 heavy (non-hydrogen) atoms. The quantitative estimate of drug-likeness (QED) is 0.782. The van der Waals surface area contributed by atoms with Crippen molar-refractivity contribution in [1.29, 1.82) is 0 Å². The summed E-state index contributed by atoms with van der Waals surface area (Å²) in [4.78, 5) is 16.2. The molecular formula is C23H28FN3O. The lowest BCUT2D eigenvalue weighted by Crippen LogP contribution is -2.66. The number of hydrogen-bond donors (Lipinski definition) is 1. The molecule has 0 saturated carbocycles. The molecule has 2 aromatic rings. The van der Waals surface area contributed by atoms with Gasteiger partial charge in [0.2, 0.25) is 6.41 Å². The van der Waals surface area contributed by atoms with E-state index < -0.39 is 0 Å². The van der Waals surface area contributed by atoms with E-state index in [1.807, 2.05) is 23.1 Å². The number of piperazine rings is 1. The molecule has 0 spiro atoms. The molecule has 1 amide bonds. The molecule has 2 aliphatic heterocycles. The van der Waals surface area contributed by atoms with Crippen molar-refractivity contribution in [2.24, 2.45) is 0 Å². The van der Waals surface area contributed by atoms with Crippen molar-refractivity contribution in [2.45, 2.75) is 37.4 Å². The van der Waals surface area contributed by atoms with Crippen LogP contribution in [0.4, 0.5) is 4.39 Å². The van der Waals surface area contributed by atoms with Crippen LogP contribution in [0.3, 0.4) is 0 Å². The SMILES string of the molecule is O=CN1CCN(Cc2ccc(F)cc2)CC1[C@@]1(Cc2ccccc2)CCCN1. The second-order valence-corrected chi connectivity index (χ2v) is 8.07. The molecule has 2 fully saturated rings. The molecule has 148 valence electrons. The smallest absolute Gasteiger partial charge is 0.210 e. The predicted molar refractivity (Wildman–Crippen MR) is 108 cm³/mol. The molecule has 4 rings (SSSR count). The molecule has 0 radical (unpaired) electrons. The van der Waals surface area contributed by atoms with Gasteiger partial charge in [-0.25, -0.2) is 4.39 Å². The van der Waals surface area contributed by atoms with Gasteiger partial charge >= 0.3 is 0 Å². The van der Waals surface area contributed by atoms with Crippen LogP contribution >= 0.6 is 0 Å². The van der Waals surface area contributed by atoms with E-state index in [4.69, 9.17) is 0 Å². The summed E-state index contributed by atoms with van der Waals surface area (Å²) in [6.45, 7) is 4.18. The van der Waals surface area contributed by atoms with Crippen LogP contribution < -0.4 is 5.32 Å². The maximum atomic E-state index is 13.2. The van der Waals surface area contributed by atoms with Gasteiger partial charge in [0.1, 0.15) is 5.82 Å². The number of carbonyl (C=O) groups excluding carboxylic acids is 1. The van der Waals surface area contributed by atoms with E-state index in [1.165, 1.54) is 17.7 Å². The van der Waals surface area contributed by atoms with Crippen LogP contribution in [-0.4, -0.2) is 54.0 Å². The van der Waals surface area contributed by atoms with E-state index in [0.29, 0.717) is 0 Å². The molecule has 2 atom stereocenters. The Labute approximate surface area is 166 Å². The molecule has 5 heteroatoms. The first kappa shape index (κ1) is 19.1. The summed E-state index contributed by atoms with van der Waals surface area (Å²) < 4.78 is 13.2. The van der Waals surface area contributed by atoms with Crippen molar-refractivity contribution in [3.05, 3.63) is 71.5 Å². The fourth-order valence-corrected chi connectivity index (χ4v) is 4.81. The summed E-state index contributed by atoms with van der Waals surface area (Å²) in [5, 5.41) is 3.77. The normalized spacial score (nSPS) is 25.8. The zero-order valence-corrected chi connectivity index (χ0v) is 16.2. The summed E-state index contributed by atoms with van der Waals surface area (Å²) >= 11 is 0. The summed E-state index contributed by atoms with van der Waals surface area (Å²) in [5.41, 5.74) is 2.32. The van der Waals surface area contributed by atoms with Crippen LogP contribution in [0.25, 0.3) is 0 Å². The molecule has 0 bridgehead atoms. The van der Waals surface area contributed by atoms with Gasteiger partial charge < -0.3 is 10.2 Å². The van der Waals surface area contributed by atoms with Gasteiger partial charge in [-0.05, 0) is 49.1 Å². The molecule has 2 aliphatic rings. The van der Waals surface area contributed by atoms with Crippen molar-refractivity contribution in [1.82, 2.24) is 15.1 Å². The zero-order valence-electron chi connectivity index (χ0n) is 16.2. The highest BCUT2D eigenvalue weighted by atomic mass is 19.1. The Morgan fingerprint density at radius 3 is 2.54 bits per heavy atom. The molecule has 2 heterocycles. The number of hydrogen-bond acceptors (Lipinski definition) is 3. The van der Waals surface area contributed by atoms with Crippen LogP contribution in [0.5, 0.6) is 0 Å². The summed E-state index contributed by atoms with van der Waals surface area (Å²) in [6.07, 6.45) is 4.15. The zero-order chi connectivity index (χ0) is 19.4. The van der Waals surface area contributed by atoms with Gasteiger partial charge in [-0.15, -0.1) is 0 Å². The predicted octanol–water partition coefficient (Wildman–Crippen LogP) is 2.83. The Kier molecular flexibility index (Phi) is 5.74. The Hall–Kier alpha value is -2.24. The highest BCUT2D eigenvalue weighted by Gasteiger charge is 2.46. The first-order chi connectivity index (χ1) is 13.7. The lowest BCUT2D eigenvalue weighted by atomic mass is 9.80. The van der Waals surface area contributed by atoms with E-state index in [2.05, 4.69) is 34.5 Å². The largest absolute Gasteiger partial charge is 0.338 e. The average Bonchev–Trinajstić information content (AvgIpc) is 3.20. The topological polar surface area (TPSA) is 35.6 Å². The highest BCUT2D eigenvalue weighted by molar-refractivity contribution is 5.49. The molecular weight excluding hydrogens is 353 g/mol. The fourth-order valence-electron chi connectivity index (χ4n) is 4.81. The van der Waals surface area contributed by atoms with Gasteiger partial charge in [-0.2, -0.15) is 0 Å². The molecule has 1 N–H and O–H groups in total. The van der Waals surface area contributed by atoms with E-state index in [9.17, 15) is 9.18 Å². The minimum Gasteiger partial charge on any atom is -0.338 e. The number of carbonyl (C=O) groups is 1. The van der Waals surface area contributed by atoms with E-state index in [0.717, 1.165) is 64.0 Å². The summed E-state index contributed by atoms with van der Waals surface area (Å²) in [5.74, 6) is -0.204. The maximum Gasteiger partial charge on any atom is 0.210 e. The average molecular weight is 381 g/mol. The van der Waals surface area contributed by atoms with Gasteiger partial charge in [0.15, 0.2) is 0 Å². The Balaban J connectivity index is 1.54. The molecule has 0 aromatic heterocycles. The highest BCUT2D eigenvalue weighted by Crippen LogP contribution is 2.32. The number of nitrogens with one attached hydrogen (secondary N) is 1. The summed E-state index contributed by atoms with van der Waals surface area (Å²) in [7, 11) is 0. The van der Waals surface area contributed by atoms with Crippen molar-refractivity contribution < 1.29 is 9.18 Å². The number of amides is 1. The Bertz CT molecular complexity index is 774. The molecule has 2 aromatic carbocycles. The van der Waals surface area contributed by atoms with Gasteiger partial charge in [0.05, 0.1) is 6.04 Å². The van der Waals surface area contributed by atoms with Crippen LogP contribution in [0.1, 0.15) is 24.0 Å². The third-order valence-corrected chi connectivity index (χ3v) is 6.24. The first-order valence-electron chi connectivity index (χ1n) is 10.2. The number of nitrogens with zero attached hydrogens (tertiary/aromatic N) is 2. The van der Waals surface area contributed by atoms with Crippen molar-refractivity contribution in [2.75, 3.05) is 26.2 Å². The van der Waals surface area contributed by atoms with Crippen LogP contribution in [-0.2, 0) is 17.8 Å².